The van der Waals surface area contributed by atoms with Gasteiger partial charge in [0.2, 0.25) is 0 Å². The SMILES string of the molecule is CCCCCCc1cc(C)c(/C=C/c2ccnc(/C(N)=C/C(=N)c3sc(CCCCCC)cc3CCCCCC)c2)s1. The summed E-state index contributed by atoms with van der Waals surface area (Å²) >= 11 is 3.70. The molecule has 0 radical (unpaired) electrons. The highest BCUT2D eigenvalue weighted by Crippen LogP contribution is 2.29. The normalized spacial score (nSPS) is 12.0. The first-order valence-corrected chi connectivity index (χ1v) is 18.0. The first-order valence-electron chi connectivity index (χ1n) is 16.4. The van der Waals surface area contributed by atoms with Crippen LogP contribution >= 0.6 is 22.7 Å². The molecule has 3 N–H and O–H groups in total. The third-order valence-electron chi connectivity index (χ3n) is 7.77. The van der Waals surface area contributed by atoms with Crippen molar-refractivity contribution in [3.63, 3.8) is 0 Å². The molecule has 0 unspecified atom stereocenters. The van der Waals surface area contributed by atoms with Crippen molar-refractivity contribution >= 4 is 46.2 Å². The van der Waals surface area contributed by atoms with Crippen LogP contribution in [-0.4, -0.2) is 10.7 Å². The van der Waals surface area contributed by atoms with E-state index in [2.05, 4.69) is 57.0 Å². The molecule has 228 valence electrons. The fraction of sp³-hybridized carbons (Fsp3) is 0.514. The molecular formula is C37H53N3S2. The van der Waals surface area contributed by atoms with E-state index in [-0.39, 0.29) is 0 Å². The van der Waals surface area contributed by atoms with E-state index < -0.39 is 0 Å². The topological polar surface area (TPSA) is 62.8 Å². The maximum atomic E-state index is 8.98. The second-order valence-electron chi connectivity index (χ2n) is 11.6. The summed E-state index contributed by atoms with van der Waals surface area (Å²) in [7, 11) is 0. The monoisotopic (exact) mass is 603 g/mol. The molecule has 0 atom stereocenters. The molecule has 3 rings (SSSR count). The smallest absolute Gasteiger partial charge is 0.0865 e. The zero-order valence-electron chi connectivity index (χ0n) is 26.6. The molecule has 0 saturated carbocycles. The Kier molecular flexibility index (Phi) is 15.3. The lowest BCUT2D eigenvalue weighted by Crippen LogP contribution is -2.04. The predicted octanol–water partition coefficient (Wildman–Crippen LogP) is 11.4. The number of unbranched alkanes of at least 4 members (excludes halogenated alkanes) is 9. The maximum absolute atomic E-state index is 8.98. The van der Waals surface area contributed by atoms with Crippen LogP contribution in [0.2, 0.25) is 0 Å². The highest BCUT2D eigenvalue weighted by Gasteiger charge is 2.14. The van der Waals surface area contributed by atoms with Gasteiger partial charge in [-0.1, -0.05) is 84.6 Å². The number of hydrogen-bond acceptors (Lipinski definition) is 5. The van der Waals surface area contributed by atoms with Crippen molar-refractivity contribution in [2.75, 3.05) is 0 Å². The molecule has 0 aliphatic rings. The number of hydrogen-bond donors (Lipinski definition) is 2. The number of pyridine rings is 1. The molecule has 5 heteroatoms. The Bertz CT molecular complexity index is 1290. The molecule has 0 aliphatic carbocycles. The van der Waals surface area contributed by atoms with Gasteiger partial charge in [-0.05, 0) is 98.6 Å². The first kappa shape index (κ1) is 34.0. The van der Waals surface area contributed by atoms with Gasteiger partial charge < -0.3 is 5.73 Å². The van der Waals surface area contributed by atoms with Crippen LogP contribution in [0.3, 0.4) is 0 Å². The molecule has 0 bridgehead atoms. The van der Waals surface area contributed by atoms with Crippen molar-refractivity contribution in [3.8, 4) is 0 Å². The maximum Gasteiger partial charge on any atom is 0.0865 e. The number of aromatic nitrogens is 1. The lowest BCUT2D eigenvalue weighted by molar-refractivity contribution is 0.664. The van der Waals surface area contributed by atoms with Crippen LogP contribution in [0.5, 0.6) is 0 Å². The van der Waals surface area contributed by atoms with E-state index >= 15 is 0 Å². The van der Waals surface area contributed by atoms with Gasteiger partial charge in [-0.3, -0.25) is 10.4 Å². The molecule has 0 amide bonds. The van der Waals surface area contributed by atoms with Crippen molar-refractivity contribution in [3.05, 3.63) is 78.4 Å². The molecule has 0 spiro atoms. The third kappa shape index (κ3) is 11.3. The predicted molar refractivity (Wildman–Crippen MR) is 189 cm³/mol. The van der Waals surface area contributed by atoms with Crippen LogP contribution < -0.4 is 5.73 Å². The summed E-state index contributed by atoms with van der Waals surface area (Å²) in [5.74, 6) is 0. The van der Waals surface area contributed by atoms with E-state index in [0.717, 1.165) is 29.0 Å². The highest BCUT2D eigenvalue weighted by atomic mass is 32.1. The zero-order chi connectivity index (χ0) is 30.2. The van der Waals surface area contributed by atoms with E-state index in [4.69, 9.17) is 11.1 Å². The molecular weight excluding hydrogens is 551 g/mol. The standard InChI is InChI=1S/C37H53N3S2/c1-5-8-11-14-17-30-26-32(19-16-13-10-7-3)42-37(30)34(39)27-33(38)35-25-29(22-23-40-35)20-21-36-28(4)24-31(41-36)18-15-12-9-6-2/h20-27,39H,5-19,38H2,1-4H3/b21-20+,33-27-,39-34?. The summed E-state index contributed by atoms with van der Waals surface area (Å²) in [6.07, 6.45) is 26.5. The zero-order valence-corrected chi connectivity index (χ0v) is 28.2. The van der Waals surface area contributed by atoms with Gasteiger partial charge in [-0.25, -0.2) is 0 Å². The summed E-state index contributed by atoms with van der Waals surface area (Å²) in [4.78, 5) is 9.83. The lowest BCUT2D eigenvalue weighted by Gasteiger charge is -2.05. The van der Waals surface area contributed by atoms with Gasteiger partial charge in [0.1, 0.15) is 0 Å². The average Bonchev–Trinajstić information content (AvgIpc) is 3.57. The van der Waals surface area contributed by atoms with E-state index in [0.29, 0.717) is 11.4 Å². The van der Waals surface area contributed by atoms with Gasteiger partial charge >= 0.3 is 0 Å². The Balaban J connectivity index is 1.71. The van der Waals surface area contributed by atoms with Crippen LogP contribution in [-0.2, 0) is 19.3 Å². The highest BCUT2D eigenvalue weighted by molar-refractivity contribution is 7.14. The first-order chi connectivity index (χ1) is 20.4. The molecule has 42 heavy (non-hydrogen) atoms. The number of allylic oxidation sites excluding steroid dienone is 1. The number of rotatable bonds is 20. The molecule has 0 fully saturated rings. The molecule has 3 nitrogen and oxygen atoms in total. The fourth-order valence-electron chi connectivity index (χ4n) is 5.24. The Hall–Kier alpha value is -2.50. The van der Waals surface area contributed by atoms with Crippen LogP contribution in [0.25, 0.3) is 17.8 Å². The molecule has 3 aromatic rings. The van der Waals surface area contributed by atoms with Crippen LogP contribution in [0, 0.1) is 12.3 Å². The molecule has 3 aromatic heterocycles. The fourth-order valence-corrected chi connectivity index (χ4v) is 7.54. The molecule has 0 saturated heterocycles. The van der Waals surface area contributed by atoms with Gasteiger partial charge in [0.25, 0.3) is 0 Å². The lowest BCUT2D eigenvalue weighted by atomic mass is 10.0. The Morgan fingerprint density at radius 1 is 0.786 bits per heavy atom. The second kappa shape index (κ2) is 18.9. The van der Waals surface area contributed by atoms with Gasteiger partial charge in [0.15, 0.2) is 0 Å². The van der Waals surface area contributed by atoms with Gasteiger partial charge in [-0.2, -0.15) is 0 Å². The van der Waals surface area contributed by atoms with Crippen molar-refractivity contribution in [1.29, 1.82) is 5.41 Å². The van der Waals surface area contributed by atoms with Crippen molar-refractivity contribution in [2.45, 2.75) is 124 Å². The quantitative estimate of drug-likeness (QED) is 0.0996. The summed E-state index contributed by atoms with van der Waals surface area (Å²) in [6.45, 7) is 8.97. The van der Waals surface area contributed by atoms with Gasteiger partial charge in [0, 0.05) is 20.8 Å². The average molecular weight is 604 g/mol. The van der Waals surface area contributed by atoms with E-state index in [9.17, 15) is 0 Å². The minimum absolute atomic E-state index is 0.506. The van der Waals surface area contributed by atoms with Crippen LogP contribution in [0.15, 0.2) is 36.5 Å². The summed E-state index contributed by atoms with van der Waals surface area (Å²) in [5, 5.41) is 8.98. The van der Waals surface area contributed by atoms with E-state index in [1.165, 1.54) is 109 Å². The largest absolute Gasteiger partial charge is 0.397 e. The molecule has 0 aliphatic heterocycles. The summed E-state index contributed by atoms with van der Waals surface area (Å²) in [5.41, 5.74) is 12.1. The van der Waals surface area contributed by atoms with Gasteiger partial charge in [0.05, 0.1) is 22.0 Å². The summed E-state index contributed by atoms with van der Waals surface area (Å²) in [6, 6.07) is 8.76. The van der Waals surface area contributed by atoms with Gasteiger partial charge in [-0.15, -0.1) is 22.7 Å². The molecule has 3 heterocycles. The number of nitrogens with two attached hydrogens (primary N) is 1. The van der Waals surface area contributed by atoms with Crippen molar-refractivity contribution in [2.24, 2.45) is 5.73 Å². The minimum atomic E-state index is 0.506. The second-order valence-corrected chi connectivity index (χ2v) is 13.9. The number of aryl methyl sites for hydroxylation is 4. The Morgan fingerprint density at radius 3 is 2.05 bits per heavy atom. The minimum Gasteiger partial charge on any atom is -0.397 e. The third-order valence-corrected chi connectivity index (χ3v) is 10.3. The number of thiophene rings is 2. The molecule has 0 aromatic carbocycles. The van der Waals surface area contributed by atoms with Crippen LogP contribution in [0.1, 0.15) is 140 Å². The Morgan fingerprint density at radius 2 is 1.40 bits per heavy atom. The van der Waals surface area contributed by atoms with Crippen molar-refractivity contribution < 1.29 is 0 Å². The Labute approximate surface area is 263 Å². The van der Waals surface area contributed by atoms with E-state index in [1.54, 1.807) is 11.3 Å². The summed E-state index contributed by atoms with van der Waals surface area (Å²) < 4.78 is 0. The van der Waals surface area contributed by atoms with Crippen molar-refractivity contribution in [1.82, 2.24) is 4.98 Å². The van der Waals surface area contributed by atoms with E-state index in [1.807, 2.05) is 35.7 Å². The number of nitrogens with zero attached hydrogens (tertiary/aromatic N) is 1. The number of nitrogens with one attached hydrogen (secondary N) is 1. The van der Waals surface area contributed by atoms with Crippen LogP contribution in [0.4, 0.5) is 0 Å².